The molecule has 1 saturated carbocycles. The lowest BCUT2D eigenvalue weighted by Gasteiger charge is -2.32. The smallest absolute Gasteiger partial charge is 0.224 e. The van der Waals surface area contributed by atoms with Crippen molar-refractivity contribution in [2.75, 3.05) is 18.1 Å². The SMILES string of the molecule is O=C(CC1CSCCN1)N(Cc1ccccc1Cl)C1CCCC1. The van der Waals surface area contributed by atoms with E-state index >= 15 is 0 Å². The van der Waals surface area contributed by atoms with Crippen LogP contribution in [0.1, 0.15) is 37.7 Å². The first-order chi connectivity index (χ1) is 11.2. The summed E-state index contributed by atoms with van der Waals surface area (Å²) in [5.74, 6) is 2.46. The van der Waals surface area contributed by atoms with Crippen LogP contribution in [0.2, 0.25) is 5.02 Å². The van der Waals surface area contributed by atoms with Crippen LogP contribution in [-0.2, 0) is 11.3 Å². The van der Waals surface area contributed by atoms with Crippen molar-refractivity contribution in [1.29, 1.82) is 0 Å². The molecule has 0 radical (unpaired) electrons. The number of thioether (sulfide) groups is 1. The Bertz CT molecular complexity index is 528. The summed E-state index contributed by atoms with van der Waals surface area (Å²) in [6.45, 7) is 1.65. The van der Waals surface area contributed by atoms with Gasteiger partial charge in [0.05, 0.1) is 0 Å². The van der Waals surface area contributed by atoms with E-state index in [1.807, 2.05) is 36.0 Å². The van der Waals surface area contributed by atoms with Gasteiger partial charge in [0.2, 0.25) is 5.91 Å². The second-order valence-electron chi connectivity index (χ2n) is 6.48. The van der Waals surface area contributed by atoms with Gasteiger partial charge in [-0.2, -0.15) is 11.8 Å². The molecular formula is C18H25ClN2OS. The number of hydrogen-bond acceptors (Lipinski definition) is 3. The molecule has 1 atom stereocenters. The molecule has 3 rings (SSSR count). The minimum Gasteiger partial charge on any atom is -0.335 e. The maximum absolute atomic E-state index is 12.9. The van der Waals surface area contributed by atoms with E-state index < -0.39 is 0 Å². The quantitative estimate of drug-likeness (QED) is 0.876. The summed E-state index contributed by atoms with van der Waals surface area (Å²) >= 11 is 8.26. The van der Waals surface area contributed by atoms with Gasteiger partial charge in [0, 0.05) is 48.1 Å². The molecule has 1 unspecified atom stereocenters. The maximum atomic E-state index is 12.9. The Balaban J connectivity index is 1.69. The second kappa shape index (κ2) is 8.41. The lowest BCUT2D eigenvalue weighted by atomic mass is 10.1. The van der Waals surface area contributed by atoms with Crippen molar-refractivity contribution in [3.8, 4) is 0 Å². The predicted octanol–water partition coefficient (Wildman–Crippen LogP) is 3.71. The van der Waals surface area contributed by atoms with Crippen LogP contribution >= 0.6 is 23.4 Å². The third-order valence-corrected chi connectivity index (χ3v) is 6.30. The van der Waals surface area contributed by atoms with Gasteiger partial charge in [-0.25, -0.2) is 0 Å². The van der Waals surface area contributed by atoms with Crippen LogP contribution in [-0.4, -0.2) is 40.9 Å². The van der Waals surface area contributed by atoms with Crippen molar-refractivity contribution in [3.05, 3.63) is 34.9 Å². The number of benzene rings is 1. The first-order valence-electron chi connectivity index (χ1n) is 8.58. The lowest BCUT2D eigenvalue weighted by molar-refractivity contribution is -0.134. The Labute approximate surface area is 148 Å². The highest BCUT2D eigenvalue weighted by molar-refractivity contribution is 7.99. The molecule has 0 spiro atoms. The minimum absolute atomic E-state index is 0.275. The Morgan fingerprint density at radius 2 is 2.09 bits per heavy atom. The van der Waals surface area contributed by atoms with E-state index in [2.05, 4.69) is 10.2 Å². The molecule has 0 bridgehead atoms. The Morgan fingerprint density at radius 1 is 1.30 bits per heavy atom. The molecule has 23 heavy (non-hydrogen) atoms. The number of halogens is 1. The molecule has 1 aliphatic heterocycles. The van der Waals surface area contributed by atoms with Gasteiger partial charge in [0.1, 0.15) is 0 Å². The molecular weight excluding hydrogens is 328 g/mol. The van der Waals surface area contributed by atoms with Crippen molar-refractivity contribution < 1.29 is 4.79 Å². The van der Waals surface area contributed by atoms with Crippen LogP contribution < -0.4 is 5.32 Å². The minimum atomic E-state index is 0.275. The maximum Gasteiger partial charge on any atom is 0.224 e. The van der Waals surface area contributed by atoms with Gasteiger partial charge in [-0.05, 0) is 24.5 Å². The molecule has 1 N–H and O–H groups in total. The Kier molecular flexibility index (Phi) is 6.26. The zero-order valence-corrected chi connectivity index (χ0v) is 15.0. The first-order valence-corrected chi connectivity index (χ1v) is 10.1. The summed E-state index contributed by atoms with van der Waals surface area (Å²) in [6, 6.07) is 8.58. The van der Waals surface area contributed by atoms with Crippen molar-refractivity contribution >= 4 is 29.3 Å². The van der Waals surface area contributed by atoms with Crippen LogP contribution in [0.15, 0.2) is 24.3 Å². The van der Waals surface area contributed by atoms with E-state index in [4.69, 9.17) is 11.6 Å². The van der Waals surface area contributed by atoms with Gasteiger partial charge in [0.15, 0.2) is 0 Å². The van der Waals surface area contributed by atoms with E-state index in [0.29, 0.717) is 25.0 Å². The van der Waals surface area contributed by atoms with Crippen LogP contribution in [0.4, 0.5) is 0 Å². The molecule has 1 aromatic rings. The van der Waals surface area contributed by atoms with E-state index in [-0.39, 0.29) is 5.91 Å². The summed E-state index contributed by atoms with van der Waals surface area (Å²) in [6.07, 6.45) is 5.32. The van der Waals surface area contributed by atoms with E-state index in [1.165, 1.54) is 12.8 Å². The molecule has 1 heterocycles. The van der Waals surface area contributed by atoms with Crippen LogP contribution in [0.3, 0.4) is 0 Å². The molecule has 1 saturated heterocycles. The fraction of sp³-hybridized carbons (Fsp3) is 0.611. The molecule has 126 valence electrons. The molecule has 1 aliphatic carbocycles. The Morgan fingerprint density at radius 3 is 2.78 bits per heavy atom. The average molecular weight is 353 g/mol. The normalized spacial score (nSPS) is 22.2. The predicted molar refractivity (Wildman–Crippen MR) is 98.0 cm³/mol. The largest absolute Gasteiger partial charge is 0.335 e. The van der Waals surface area contributed by atoms with Crippen molar-refractivity contribution in [2.24, 2.45) is 0 Å². The molecule has 5 heteroatoms. The number of carbonyl (C=O) groups is 1. The average Bonchev–Trinajstić information content (AvgIpc) is 3.09. The molecule has 1 amide bonds. The van der Waals surface area contributed by atoms with Gasteiger partial charge in [0.25, 0.3) is 0 Å². The number of nitrogens with zero attached hydrogens (tertiary/aromatic N) is 1. The first kappa shape index (κ1) is 17.1. The summed E-state index contributed by atoms with van der Waals surface area (Å²) < 4.78 is 0. The monoisotopic (exact) mass is 352 g/mol. The van der Waals surface area contributed by atoms with E-state index in [1.54, 1.807) is 0 Å². The second-order valence-corrected chi connectivity index (χ2v) is 8.04. The van der Waals surface area contributed by atoms with E-state index in [9.17, 15) is 4.79 Å². The third-order valence-electron chi connectivity index (χ3n) is 4.80. The summed E-state index contributed by atoms with van der Waals surface area (Å²) in [7, 11) is 0. The Hall–Kier alpha value is -0.710. The number of nitrogens with one attached hydrogen (secondary N) is 1. The zero-order valence-electron chi connectivity index (χ0n) is 13.5. The number of amides is 1. The van der Waals surface area contributed by atoms with Gasteiger partial charge in [-0.15, -0.1) is 0 Å². The molecule has 1 aromatic carbocycles. The standard InChI is InChI=1S/C18H25ClN2OS/c19-17-8-4-1-5-14(17)12-21(16-6-2-3-7-16)18(22)11-15-13-23-10-9-20-15/h1,4-5,8,15-16,20H,2-3,6-7,9-13H2. The van der Waals surface area contributed by atoms with Crippen LogP contribution in [0.25, 0.3) is 0 Å². The summed E-state index contributed by atoms with van der Waals surface area (Å²) in [4.78, 5) is 15.0. The van der Waals surface area contributed by atoms with Crippen molar-refractivity contribution in [2.45, 2.75) is 50.7 Å². The topological polar surface area (TPSA) is 32.3 Å². The number of hydrogen-bond donors (Lipinski definition) is 1. The molecule has 2 fully saturated rings. The number of rotatable bonds is 5. The fourth-order valence-electron chi connectivity index (χ4n) is 3.53. The summed E-state index contributed by atoms with van der Waals surface area (Å²) in [5.41, 5.74) is 1.06. The van der Waals surface area contributed by atoms with Crippen molar-refractivity contribution in [1.82, 2.24) is 10.2 Å². The fourth-order valence-corrected chi connectivity index (χ4v) is 4.67. The summed E-state index contributed by atoms with van der Waals surface area (Å²) in [5, 5.41) is 4.24. The highest BCUT2D eigenvalue weighted by Crippen LogP contribution is 2.28. The van der Waals surface area contributed by atoms with Gasteiger partial charge >= 0.3 is 0 Å². The number of carbonyl (C=O) groups excluding carboxylic acids is 1. The van der Waals surface area contributed by atoms with Crippen LogP contribution in [0, 0.1) is 0 Å². The van der Waals surface area contributed by atoms with Crippen LogP contribution in [0.5, 0.6) is 0 Å². The zero-order chi connectivity index (χ0) is 16.1. The molecule has 0 aromatic heterocycles. The third kappa shape index (κ3) is 4.65. The highest BCUT2D eigenvalue weighted by Gasteiger charge is 2.29. The highest BCUT2D eigenvalue weighted by atomic mass is 35.5. The molecule has 2 aliphatic rings. The van der Waals surface area contributed by atoms with Gasteiger partial charge in [-0.3, -0.25) is 4.79 Å². The lowest BCUT2D eigenvalue weighted by Crippen LogP contribution is -2.45. The molecule has 3 nitrogen and oxygen atoms in total. The van der Waals surface area contributed by atoms with Crippen molar-refractivity contribution in [3.63, 3.8) is 0 Å². The van der Waals surface area contributed by atoms with Gasteiger partial charge < -0.3 is 10.2 Å². The van der Waals surface area contributed by atoms with Gasteiger partial charge in [-0.1, -0.05) is 42.6 Å². The van der Waals surface area contributed by atoms with E-state index in [0.717, 1.165) is 41.5 Å².